The van der Waals surface area contributed by atoms with Crippen LogP contribution >= 0.6 is 0 Å². The number of nitrogens with one attached hydrogen (secondary N) is 1. The molecule has 0 unspecified atom stereocenters. The number of rotatable bonds is 6. The molecule has 2 aliphatic heterocycles. The molecule has 2 heterocycles. The van der Waals surface area contributed by atoms with Crippen molar-refractivity contribution in [1.82, 2.24) is 9.62 Å². The highest BCUT2D eigenvalue weighted by Gasteiger charge is 2.31. The van der Waals surface area contributed by atoms with Crippen molar-refractivity contribution in [1.29, 1.82) is 0 Å². The maximum absolute atomic E-state index is 13.1. The van der Waals surface area contributed by atoms with Gasteiger partial charge in [-0.05, 0) is 66.6 Å². The number of amides is 2. The topological polar surface area (TPSA) is 86.8 Å². The highest BCUT2D eigenvalue weighted by atomic mass is 32.2. The van der Waals surface area contributed by atoms with Crippen LogP contribution in [0, 0.1) is 11.7 Å². The molecule has 7 nitrogen and oxygen atoms in total. The molecule has 2 aromatic rings. The first kappa shape index (κ1) is 23.4. The van der Waals surface area contributed by atoms with Crippen LogP contribution < -0.4 is 10.2 Å². The van der Waals surface area contributed by atoms with Gasteiger partial charge in [0.2, 0.25) is 21.8 Å². The van der Waals surface area contributed by atoms with Gasteiger partial charge in [-0.2, -0.15) is 4.31 Å². The number of halogens is 1. The van der Waals surface area contributed by atoms with Crippen LogP contribution in [0.5, 0.6) is 0 Å². The summed E-state index contributed by atoms with van der Waals surface area (Å²) >= 11 is 0. The van der Waals surface area contributed by atoms with Gasteiger partial charge in [-0.1, -0.05) is 19.1 Å². The highest BCUT2D eigenvalue weighted by Crippen LogP contribution is 2.32. The molecule has 1 N–H and O–H groups in total. The van der Waals surface area contributed by atoms with Crippen molar-refractivity contribution in [2.75, 3.05) is 24.5 Å². The van der Waals surface area contributed by atoms with Gasteiger partial charge in [0.25, 0.3) is 0 Å². The molecule has 0 radical (unpaired) electrons. The summed E-state index contributed by atoms with van der Waals surface area (Å²) in [6.07, 6.45) is 2.34. The SMILES string of the molecule is CC1CCN(S(=O)(=O)c2ccc3c(c2)CCC(=O)N3CC(=O)NCc2ccc(F)cc2)CC1. The molecule has 0 saturated carbocycles. The van der Waals surface area contributed by atoms with Crippen LogP contribution in [0.3, 0.4) is 0 Å². The lowest BCUT2D eigenvalue weighted by Gasteiger charge is -2.31. The maximum Gasteiger partial charge on any atom is 0.243 e. The average molecular weight is 474 g/mol. The minimum Gasteiger partial charge on any atom is -0.350 e. The first-order valence-electron chi connectivity index (χ1n) is 11.2. The Kier molecular flexibility index (Phi) is 6.81. The molecule has 2 amide bonds. The first-order valence-corrected chi connectivity index (χ1v) is 12.6. The minimum absolute atomic E-state index is 0.164. The third kappa shape index (κ3) is 5.25. The third-order valence-corrected chi connectivity index (χ3v) is 8.23. The van der Waals surface area contributed by atoms with Crippen LogP contribution in [0.15, 0.2) is 47.4 Å². The van der Waals surface area contributed by atoms with E-state index in [9.17, 15) is 22.4 Å². The molecule has 9 heteroatoms. The summed E-state index contributed by atoms with van der Waals surface area (Å²) in [6, 6.07) is 10.6. The van der Waals surface area contributed by atoms with Crippen molar-refractivity contribution in [2.45, 2.75) is 44.0 Å². The summed E-state index contributed by atoms with van der Waals surface area (Å²) < 4.78 is 40.8. The Morgan fingerprint density at radius 3 is 2.48 bits per heavy atom. The van der Waals surface area contributed by atoms with Gasteiger partial charge in [0.05, 0.1) is 4.90 Å². The summed E-state index contributed by atoms with van der Waals surface area (Å²) in [5.41, 5.74) is 2.05. The van der Waals surface area contributed by atoms with Crippen molar-refractivity contribution in [2.24, 2.45) is 5.92 Å². The zero-order chi connectivity index (χ0) is 23.6. The number of fused-ring (bicyclic) bond motifs is 1. The number of carbonyl (C=O) groups excluding carboxylic acids is 2. The predicted octanol–water partition coefficient (Wildman–Crippen LogP) is 2.84. The fourth-order valence-electron chi connectivity index (χ4n) is 4.25. The monoisotopic (exact) mass is 473 g/mol. The molecule has 2 aliphatic rings. The molecular formula is C24H28FN3O4S. The van der Waals surface area contributed by atoms with Crippen molar-refractivity contribution >= 4 is 27.5 Å². The van der Waals surface area contributed by atoms with Crippen molar-refractivity contribution in [3.63, 3.8) is 0 Å². The summed E-state index contributed by atoms with van der Waals surface area (Å²) in [6.45, 7) is 3.21. The molecule has 0 aliphatic carbocycles. The Hall–Kier alpha value is -2.78. The second-order valence-electron chi connectivity index (χ2n) is 8.76. The fraction of sp³-hybridized carbons (Fsp3) is 0.417. The van der Waals surface area contributed by atoms with Gasteiger partial charge >= 0.3 is 0 Å². The van der Waals surface area contributed by atoms with E-state index in [2.05, 4.69) is 12.2 Å². The largest absolute Gasteiger partial charge is 0.350 e. The van der Waals surface area contributed by atoms with Crippen LogP contribution in [0.2, 0.25) is 0 Å². The van der Waals surface area contributed by atoms with E-state index in [0.717, 1.165) is 24.0 Å². The molecule has 1 fully saturated rings. The van der Waals surface area contributed by atoms with E-state index >= 15 is 0 Å². The lowest BCUT2D eigenvalue weighted by molar-refractivity contribution is -0.124. The Bertz CT molecular complexity index is 1140. The van der Waals surface area contributed by atoms with E-state index in [4.69, 9.17) is 0 Å². The summed E-state index contributed by atoms with van der Waals surface area (Å²) in [4.78, 5) is 26.7. The number of piperidine rings is 1. The number of benzene rings is 2. The Morgan fingerprint density at radius 2 is 1.79 bits per heavy atom. The quantitative estimate of drug-likeness (QED) is 0.699. The number of hydrogen-bond acceptors (Lipinski definition) is 4. The molecule has 0 bridgehead atoms. The predicted molar refractivity (Wildman–Crippen MR) is 123 cm³/mol. The zero-order valence-corrected chi connectivity index (χ0v) is 19.4. The number of aryl methyl sites for hydroxylation is 1. The number of nitrogens with zero attached hydrogens (tertiary/aromatic N) is 2. The van der Waals surface area contributed by atoms with E-state index < -0.39 is 10.0 Å². The van der Waals surface area contributed by atoms with E-state index in [0.29, 0.717) is 31.1 Å². The second-order valence-corrected chi connectivity index (χ2v) is 10.7. The van der Waals surface area contributed by atoms with Gasteiger partial charge in [0, 0.05) is 31.7 Å². The number of hydrogen-bond donors (Lipinski definition) is 1. The molecule has 0 spiro atoms. The highest BCUT2D eigenvalue weighted by molar-refractivity contribution is 7.89. The van der Waals surface area contributed by atoms with Crippen LogP contribution in [0.25, 0.3) is 0 Å². The van der Waals surface area contributed by atoms with Crippen molar-refractivity contribution in [3.05, 3.63) is 59.4 Å². The average Bonchev–Trinajstić information content (AvgIpc) is 2.80. The summed E-state index contributed by atoms with van der Waals surface area (Å²) in [7, 11) is -3.59. The molecule has 2 aromatic carbocycles. The first-order chi connectivity index (χ1) is 15.7. The van der Waals surface area contributed by atoms with E-state index in [1.807, 2.05) is 0 Å². The number of carbonyl (C=O) groups is 2. The van der Waals surface area contributed by atoms with Gasteiger partial charge < -0.3 is 10.2 Å². The molecule has 1 saturated heterocycles. The maximum atomic E-state index is 13.1. The third-order valence-electron chi connectivity index (χ3n) is 6.34. The van der Waals surface area contributed by atoms with Crippen molar-refractivity contribution in [3.8, 4) is 0 Å². The second kappa shape index (κ2) is 9.61. The van der Waals surface area contributed by atoms with E-state index in [1.165, 1.54) is 27.4 Å². The Balaban J connectivity index is 1.47. The number of anilines is 1. The normalized spacial score (nSPS) is 17.6. The number of sulfonamides is 1. The molecule has 176 valence electrons. The van der Waals surface area contributed by atoms with Crippen LogP contribution in [0.4, 0.5) is 10.1 Å². The van der Waals surface area contributed by atoms with Crippen molar-refractivity contribution < 1.29 is 22.4 Å². The van der Waals surface area contributed by atoms with Gasteiger partial charge in [-0.3, -0.25) is 9.59 Å². The van der Waals surface area contributed by atoms with E-state index in [1.54, 1.807) is 24.3 Å². The lowest BCUT2D eigenvalue weighted by Crippen LogP contribution is -2.43. The Morgan fingerprint density at radius 1 is 1.09 bits per heavy atom. The van der Waals surface area contributed by atoms with Gasteiger partial charge in [0.15, 0.2) is 0 Å². The Labute approximate surface area is 193 Å². The standard InChI is InChI=1S/C24H28FN3O4S/c1-17-10-12-27(13-11-17)33(31,32)21-7-8-22-19(14-21)4-9-24(30)28(22)16-23(29)26-15-18-2-5-20(25)6-3-18/h2-3,5-8,14,17H,4,9-13,15-16H2,1H3,(H,26,29). The molecule has 0 atom stereocenters. The molecule has 33 heavy (non-hydrogen) atoms. The smallest absolute Gasteiger partial charge is 0.243 e. The van der Waals surface area contributed by atoms with Crippen LogP contribution in [-0.2, 0) is 32.6 Å². The summed E-state index contributed by atoms with van der Waals surface area (Å²) in [5, 5.41) is 2.74. The molecular weight excluding hydrogens is 445 g/mol. The van der Waals surface area contributed by atoms with Gasteiger partial charge in [-0.15, -0.1) is 0 Å². The zero-order valence-electron chi connectivity index (χ0n) is 18.6. The van der Waals surface area contributed by atoms with Gasteiger partial charge in [0.1, 0.15) is 12.4 Å². The fourth-order valence-corrected chi connectivity index (χ4v) is 5.77. The minimum atomic E-state index is -3.59. The van der Waals surface area contributed by atoms with E-state index in [-0.39, 0.29) is 42.0 Å². The van der Waals surface area contributed by atoms with Gasteiger partial charge in [-0.25, -0.2) is 12.8 Å². The summed E-state index contributed by atoms with van der Waals surface area (Å²) in [5.74, 6) is -0.356. The van der Waals surface area contributed by atoms with Crippen LogP contribution in [-0.4, -0.2) is 44.2 Å². The lowest BCUT2D eigenvalue weighted by atomic mass is 10.0. The molecule has 4 rings (SSSR count). The van der Waals surface area contributed by atoms with Crippen LogP contribution in [0.1, 0.15) is 37.3 Å². The molecule has 0 aromatic heterocycles.